The lowest BCUT2D eigenvalue weighted by atomic mass is 10.1. The quantitative estimate of drug-likeness (QED) is 0.749. The molecule has 24 heavy (non-hydrogen) atoms. The topological polar surface area (TPSA) is 62.0 Å². The first-order valence-electron chi connectivity index (χ1n) is 7.74. The number of aryl methyl sites for hydroxylation is 1. The lowest BCUT2D eigenvalue weighted by Crippen LogP contribution is -2.30. The molecule has 0 unspecified atom stereocenters. The Labute approximate surface area is 144 Å². The lowest BCUT2D eigenvalue weighted by Gasteiger charge is -2.06. The number of amides is 1. The minimum Gasteiger partial charge on any atom is -0.352 e. The molecule has 122 valence electrons. The summed E-state index contributed by atoms with van der Waals surface area (Å²) in [6.07, 6.45) is 0.767. The molecule has 2 aromatic heterocycles. The second kappa shape index (κ2) is 7.27. The molecule has 0 saturated carbocycles. The molecule has 0 spiro atoms. The fourth-order valence-electron chi connectivity index (χ4n) is 2.40. The summed E-state index contributed by atoms with van der Waals surface area (Å²) in [5.74, 6) is -0.344. The molecule has 0 fully saturated rings. The Kier molecular flexibility index (Phi) is 4.91. The number of aromatic nitrogens is 1. The van der Waals surface area contributed by atoms with Crippen LogP contribution in [0.3, 0.4) is 0 Å². The van der Waals surface area contributed by atoms with E-state index >= 15 is 0 Å². The van der Waals surface area contributed by atoms with Gasteiger partial charge in [-0.3, -0.25) is 9.59 Å². The highest BCUT2D eigenvalue weighted by Gasteiger charge is 2.11. The number of nitrogens with one attached hydrogen (secondary N) is 2. The number of thiophene rings is 1. The van der Waals surface area contributed by atoms with Gasteiger partial charge in [-0.2, -0.15) is 0 Å². The average Bonchev–Trinajstić information content (AvgIpc) is 3.08. The molecule has 0 radical (unpaired) electrons. The number of hydrogen-bond acceptors (Lipinski definition) is 3. The fraction of sp³-hybridized carbons (Fsp3) is 0.158. The third-order valence-electron chi connectivity index (χ3n) is 3.75. The van der Waals surface area contributed by atoms with Crippen molar-refractivity contribution in [3.63, 3.8) is 0 Å². The van der Waals surface area contributed by atoms with E-state index in [4.69, 9.17) is 0 Å². The minimum absolute atomic E-state index is 0.136. The van der Waals surface area contributed by atoms with Gasteiger partial charge < -0.3 is 10.3 Å². The average molecular weight is 338 g/mol. The highest BCUT2D eigenvalue weighted by atomic mass is 32.1. The van der Waals surface area contributed by atoms with Crippen molar-refractivity contribution in [2.45, 2.75) is 13.3 Å². The van der Waals surface area contributed by atoms with Crippen LogP contribution in [0, 0.1) is 6.92 Å². The zero-order valence-corrected chi connectivity index (χ0v) is 14.2. The van der Waals surface area contributed by atoms with E-state index in [1.165, 1.54) is 4.88 Å². The lowest BCUT2D eigenvalue weighted by molar-refractivity contribution is 0.0952. The van der Waals surface area contributed by atoms with E-state index in [1.54, 1.807) is 23.5 Å². The van der Waals surface area contributed by atoms with Gasteiger partial charge in [-0.15, -0.1) is 11.3 Å². The number of carbonyl (C=O) groups is 1. The summed E-state index contributed by atoms with van der Waals surface area (Å²) in [7, 11) is 0. The number of benzene rings is 1. The molecule has 4 nitrogen and oxygen atoms in total. The van der Waals surface area contributed by atoms with Crippen LogP contribution in [0.25, 0.3) is 11.3 Å². The van der Waals surface area contributed by atoms with E-state index in [0.29, 0.717) is 12.2 Å². The minimum atomic E-state index is -0.373. The Balaban J connectivity index is 1.68. The van der Waals surface area contributed by atoms with Gasteiger partial charge in [0.25, 0.3) is 11.5 Å². The highest BCUT2D eigenvalue weighted by molar-refractivity contribution is 7.09. The molecule has 0 aliphatic heterocycles. The van der Waals surface area contributed by atoms with Crippen molar-refractivity contribution in [2.24, 2.45) is 0 Å². The fourth-order valence-corrected chi connectivity index (χ4v) is 3.11. The van der Waals surface area contributed by atoms with Crippen LogP contribution in [0.1, 0.15) is 20.8 Å². The van der Waals surface area contributed by atoms with Gasteiger partial charge >= 0.3 is 0 Å². The summed E-state index contributed by atoms with van der Waals surface area (Å²) in [5, 5.41) is 4.80. The van der Waals surface area contributed by atoms with E-state index in [9.17, 15) is 9.59 Å². The number of hydrogen-bond donors (Lipinski definition) is 2. The maximum Gasteiger partial charge on any atom is 0.261 e. The second-order valence-corrected chi connectivity index (χ2v) is 6.60. The van der Waals surface area contributed by atoms with Crippen molar-refractivity contribution < 1.29 is 4.79 Å². The summed E-state index contributed by atoms with van der Waals surface area (Å²) >= 11 is 1.65. The zero-order valence-electron chi connectivity index (χ0n) is 13.3. The van der Waals surface area contributed by atoms with E-state index in [1.807, 2.05) is 48.7 Å². The van der Waals surface area contributed by atoms with Gasteiger partial charge in [0.05, 0.1) is 0 Å². The molecule has 1 amide bonds. The van der Waals surface area contributed by atoms with Crippen LogP contribution in [0.4, 0.5) is 0 Å². The van der Waals surface area contributed by atoms with Gasteiger partial charge in [-0.25, -0.2) is 0 Å². The van der Waals surface area contributed by atoms with Crippen molar-refractivity contribution in [3.05, 3.63) is 80.3 Å². The predicted octanol–water partition coefficient (Wildman–Crippen LogP) is 3.38. The van der Waals surface area contributed by atoms with Crippen molar-refractivity contribution in [2.75, 3.05) is 6.54 Å². The molecular formula is C19H18N2O2S. The third-order valence-corrected chi connectivity index (χ3v) is 4.69. The first kappa shape index (κ1) is 16.2. The predicted molar refractivity (Wildman–Crippen MR) is 97.6 cm³/mol. The summed E-state index contributed by atoms with van der Waals surface area (Å²) in [6.45, 7) is 2.52. The van der Waals surface area contributed by atoms with Crippen molar-refractivity contribution in [1.29, 1.82) is 0 Å². The maximum absolute atomic E-state index is 12.2. The van der Waals surface area contributed by atoms with Gasteiger partial charge in [-0.05, 0) is 42.5 Å². The standard InChI is InChI=1S/C19H18N2O2S/c1-13-4-6-14(7-5-13)17-9-8-16(19(23)21-17)18(22)20-11-10-15-3-2-12-24-15/h2-9,12H,10-11H2,1H3,(H,20,22)(H,21,23). The second-order valence-electron chi connectivity index (χ2n) is 5.57. The molecule has 1 aromatic carbocycles. The number of rotatable bonds is 5. The largest absolute Gasteiger partial charge is 0.352 e. The van der Waals surface area contributed by atoms with Crippen LogP contribution in [-0.4, -0.2) is 17.4 Å². The van der Waals surface area contributed by atoms with Crippen LogP contribution in [0.2, 0.25) is 0 Å². The Bertz CT molecular complexity index is 880. The van der Waals surface area contributed by atoms with Gasteiger partial charge in [-0.1, -0.05) is 35.9 Å². The maximum atomic E-state index is 12.2. The molecule has 2 heterocycles. The molecule has 0 atom stereocenters. The number of carbonyl (C=O) groups excluding carboxylic acids is 1. The van der Waals surface area contributed by atoms with Crippen LogP contribution in [0.15, 0.2) is 58.7 Å². The smallest absolute Gasteiger partial charge is 0.261 e. The van der Waals surface area contributed by atoms with Gasteiger partial charge in [0, 0.05) is 17.1 Å². The summed E-state index contributed by atoms with van der Waals surface area (Å²) in [6, 6.07) is 15.2. The summed E-state index contributed by atoms with van der Waals surface area (Å²) in [5.41, 5.74) is 2.54. The number of H-pyrrole nitrogens is 1. The van der Waals surface area contributed by atoms with E-state index in [0.717, 1.165) is 17.5 Å². The molecule has 0 saturated heterocycles. The van der Waals surface area contributed by atoms with Crippen molar-refractivity contribution >= 4 is 17.2 Å². The van der Waals surface area contributed by atoms with Crippen molar-refractivity contribution in [1.82, 2.24) is 10.3 Å². The molecule has 3 aromatic rings. The van der Waals surface area contributed by atoms with Crippen LogP contribution >= 0.6 is 11.3 Å². The normalized spacial score (nSPS) is 10.5. The first-order valence-corrected chi connectivity index (χ1v) is 8.62. The molecule has 0 bridgehead atoms. The van der Waals surface area contributed by atoms with Gasteiger partial charge in [0.1, 0.15) is 5.56 Å². The van der Waals surface area contributed by atoms with Crippen LogP contribution in [-0.2, 0) is 6.42 Å². The summed E-state index contributed by atoms with van der Waals surface area (Å²) < 4.78 is 0. The number of aromatic amines is 1. The Morgan fingerprint density at radius 3 is 2.58 bits per heavy atom. The molecule has 0 aliphatic carbocycles. The highest BCUT2D eigenvalue weighted by Crippen LogP contribution is 2.16. The van der Waals surface area contributed by atoms with Gasteiger partial charge in [0.2, 0.25) is 0 Å². The molecular weight excluding hydrogens is 320 g/mol. The Morgan fingerprint density at radius 1 is 1.12 bits per heavy atom. The third kappa shape index (κ3) is 3.81. The van der Waals surface area contributed by atoms with Gasteiger partial charge in [0.15, 0.2) is 0 Å². The van der Waals surface area contributed by atoms with Crippen molar-refractivity contribution in [3.8, 4) is 11.3 Å². The Hall–Kier alpha value is -2.66. The van der Waals surface area contributed by atoms with Crippen LogP contribution in [0.5, 0.6) is 0 Å². The van der Waals surface area contributed by atoms with E-state index in [2.05, 4.69) is 10.3 Å². The van der Waals surface area contributed by atoms with E-state index < -0.39 is 0 Å². The Morgan fingerprint density at radius 2 is 1.92 bits per heavy atom. The number of pyridine rings is 1. The van der Waals surface area contributed by atoms with Crippen LogP contribution < -0.4 is 10.9 Å². The molecule has 5 heteroatoms. The zero-order chi connectivity index (χ0) is 16.9. The molecule has 0 aliphatic rings. The van der Waals surface area contributed by atoms with E-state index in [-0.39, 0.29) is 17.0 Å². The first-order chi connectivity index (χ1) is 11.6. The summed E-state index contributed by atoms with van der Waals surface area (Å²) in [4.78, 5) is 28.3. The molecule has 2 N–H and O–H groups in total. The SMILES string of the molecule is Cc1ccc(-c2ccc(C(=O)NCCc3cccs3)c(=O)[nH]2)cc1. The molecule has 3 rings (SSSR count). The monoisotopic (exact) mass is 338 g/mol.